The van der Waals surface area contributed by atoms with Crippen LogP contribution in [0.1, 0.15) is 16.7 Å². The molecule has 3 aromatic rings. The molecule has 0 saturated carbocycles. The zero-order chi connectivity index (χ0) is 22.2. The number of carbonyl (C=O) groups excluding carboxylic acids is 1. The fourth-order valence-electron chi connectivity index (χ4n) is 2.93. The van der Waals surface area contributed by atoms with Crippen LogP contribution in [0.3, 0.4) is 0 Å². The highest BCUT2D eigenvalue weighted by molar-refractivity contribution is 9.10. The van der Waals surface area contributed by atoms with Crippen molar-refractivity contribution in [2.24, 2.45) is 0 Å². The molecule has 0 atom stereocenters. The summed E-state index contributed by atoms with van der Waals surface area (Å²) in [6.45, 7) is 1.81. The molecule has 0 unspecified atom stereocenters. The van der Waals surface area contributed by atoms with Gasteiger partial charge >= 0.3 is 0 Å². The summed E-state index contributed by atoms with van der Waals surface area (Å²) in [5, 5.41) is 12.3. The molecule has 31 heavy (non-hydrogen) atoms. The van der Waals surface area contributed by atoms with Crippen molar-refractivity contribution < 1.29 is 14.3 Å². The van der Waals surface area contributed by atoms with E-state index < -0.39 is 0 Å². The number of nitrogens with one attached hydrogen (secondary N) is 1. The normalized spacial score (nSPS) is 10.8. The summed E-state index contributed by atoms with van der Waals surface area (Å²) in [6.07, 6.45) is 1.78. The van der Waals surface area contributed by atoms with Gasteiger partial charge in [-0.05, 0) is 66.1 Å². The Hall–Kier alpha value is -3.56. The van der Waals surface area contributed by atoms with Crippen LogP contribution in [0.15, 0.2) is 71.2 Å². The number of halogens is 1. The topological polar surface area (TPSA) is 71.3 Å². The molecule has 0 aliphatic heterocycles. The number of carbonyl (C=O) groups is 1. The van der Waals surface area contributed by atoms with Crippen molar-refractivity contribution >= 4 is 39.2 Å². The summed E-state index contributed by atoms with van der Waals surface area (Å²) in [6, 6.07) is 22.6. The molecule has 3 aromatic carbocycles. The minimum atomic E-state index is -0.265. The number of allylic oxidation sites excluding steroid dienone is 1. The van der Waals surface area contributed by atoms with E-state index in [0.717, 1.165) is 26.9 Å². The van der Waals surface area contributed by atoms with E-state index in [9.17, 15) is 10.1 Å². The lowest BCUT2D eigenvalue weighted by atomic mass is 10.0. The van der Waals surface area contributed by atoms with E-state index in [0.29, 0.717) is 17.1 Å². The van der Waals surface area contributed by atoms with Gasteiger partial charge in [0.1, 0.15) is 0 Å². The molecule has 0 fully saturated rings. The fraction of sp³-hybridized carbons (Fsp3) is 0.120. The highest BCUT2D eigenvalue weighted by Crippen LogP contribution is 2.30. The summed E-state index contributed by atoms with van der Waals surface area (Å²) in [5.41, 5.74) is 3.91. The number of rotatable bonds is 7. The molecular formula is C25H21BrN2O3. The molecule has 0 aliphatic rings. The molecular weight excluding hydrogens is 456 g/mol. The van der Waals surface area contributed by atoms with E-state index in [4.69, 9.17) is 9.47 Å². The van der Waals surface area contributed by atoms with E-state index in [1.165, 1.54) is 7.11 Å². The average molecular weight is 477 g/mol. The van der Waals surface area contributed by atoms with E-state index in [-0.39, 0.29) is 12.5 Å². The van der Waals surface area contributed by atoms with Crippen molar-refractivity contribution in [1.29, 1.82) is 5.26 Å². The maximum Gasteiger partial charge on any atom is 0.262 e. The smallest absolute Gasteiger partial charge is 0.262 e. The number of amides is 1. The van der Waals surface area contributed by atoms with Gasteiger partial charge in [0, 0.05) is 10.2 Å². The first-order chi connectivity index (χ1) is 15.0. The first-order valence-electron chi connectivity index (χ1n) is 9.53. The second-order valence-electron chi connectivity index (χ2n) is 6.79. The van der Waals surface area contributed by atoms with Gasteiger partial charge in [-0.15, -0.1) is 0 Å². The number of ether oxygens (including phenoxy) is 2. The van der Waals surface area contributed by atoms with Crippen LogP contribution in [-0.4, -0.2) is 19.6 Å². The van der Waals surface area contributed by atoms with E-state index >= 15 is 0 Å². The monoisotopic (exact) mass is 476 g/mol. The van der Waals surface area contributed by atoms with Crippen LogP contribution in [0, 0.1) is 18.3 Å². The Labute approximate surface area is 190 Å². The lowest BCUT2D eigenvalue weighted by Crippen LogP contribution is -2.20. The molecule has 0 aliphatic carbocycles. The first-order valence-corrected chi connectivity index (χ1v) is 10.3. The molecule has 156 valence electrons. The van der Waals surface area contributed by atoms with E-state index in [2.05, 4.69) is 27.3 Å². The SMILES string of the molecule is COc1cc(/C=C(\C#N)c2ccc(Br)cc2)ccc1OCC(=O)Nc1cccc(C)c1. The zero-order valence-electron chi connectivity index (χ0n) is 17.2. The maximum atomic E-state index is 12.2. The third kappa shape index (κ3) is 6.21. The molecule has 5 nitrogen and oxygen atoms in total. The Morgan fingerprint density at radius 1 is 1.10 bits per heavy atom. The number of methoxy groups -OCH3 is 1. The molecule has 1 amide bonds. The first kappa shape index (κ1) is 22.1. The highest BCUT2D eigenvalue weighted by Gasteiger charge is 2.10. The minimum absolute atomic E-state index is 0.151. The van der Waals surface area contributed by atoms with Gasteiger partial charge in [0.05, 0.1) is 18.8 Å². The molecule has 0 bridgehead atoms. The summed E-state index contributed by atoms with van der Waals surface area (Å²) in [7, 11) is 1.53. The van der Waals surface area contributed by atoms with Crippen LogP contribution in [0.2, 0.25) is 0 Å². The van der Waals surface area contributed by atoms with Gasteiger partial charge in [0.2, 0.25) is 0 Å². The van der Waals surface area contributed by atoms with E-state index in [1.54, 1.807) is 18.2 Å². The second kappa shape index (κ2) is 10.5. The zero-order valence-corrected chi connectivity index (χ0v) is 18.8. The van der Waals surface area contributed by atoms with Gasteiger partial charge in [-0.1, -0.05) is 46.3 Å². The van der Waals surface area contributed by atoms with Crippen molar-refractivity contribution in [2.45, 2.75) is 6.92 Å². The number of aryl methyl sites for hydroxylation is 1. The Morgan fingerprint density at radius 3 is 2.55 bits per heavy atom. The molecule has 0 saturated heterocycles. The number of anilines is 1. The summed E-state index contributed by atoms with van der Waals surface area (Å²) >= 11 is 3.40. The van der Waals surface area contributed by atoms with Crippen molar-refractivity contribution in [3.05, 3.63) is 87.9 Å². The van der Waals surface area contributed by atoms with Crippen LogP contribution >= 0.6 is 15.9 Å². The second-order valence-corrected chi connectivity index (χ2v) is 7.71. The number of hydrogen-bond donors (Lipinski definition) is 1. The standard InChI is InChI=1S/C25H21BrN2O3/c1-17-4-3-5-22(12-17)28-25(29)16-31-23-11-6-18(14-24(23)30-2)13-20(15-27)19-7-9-21(26)10-8-19/h3-14H,16H2,1-2H3,(H,28,29)/b20-13+. The number of nitrogens with zero attached hydrogens (tertiary/aromatic N) is 1. The van der Waals surface area contributed by atoms with Crippen LogP contribution in [0.4, 0.5) is 5.69 Å². The van der Waals surface area contributed by atoms with Gasteiger partial charge in [-0.2, -0.15) is 5.26 Å². The number of nitriles is 1. The van der Waals surface area contributed by atoms with Gasteiger partial charge in [0.15, 0.2) is 18.1 Å². The van der Waals surface area contributed by atoms with Crippen LogP contribution in [0.25, 0.3) is 11.6 Å². The summed E-state index contributed by atoms with van der Waals surface area (Å²) in [5.74, 6) is 0.657. The molecule has 6 heteroatoms. The minimum Gasteiger partial charge on any atom is -0.493 e. The number of hydrogen-bond acceptors (Lipinski definition) is 4. The Morgan fingerprint density at radius 2 is 1.87 bits per heavy atom. The Bertz CT molecular complexity index is 1150. The third-order valence-corrected chi connectivity index (χ3v) is 4.96. The molecule has 0 spiro atoms. The third-order valence-electron chi connectivity index (χ3n) is 4.43. The van der Waals surface area contributed by atoms with Gasteiger partial charge in [-0.25, -0.2) is 0 Å². The van der Waals surface area contributed by atoms with Crippen molar-refractivity contribution in [3.63, 3.8) is 0 Å². The van der Waals surface area contributed by atoms with Crippen molar-refractivity contribution in [1.82, 2.24) is 0 Å². The Kier molecular flexibility index (Phi) is 7.47. The predicted octanol–water partition coefficient (Wildman–Crippen LogP) is 5.85. The summed E-state index contributed by atoms with van der Waals surface area (Å²) in [4.78, 5) is 12.2. The molecule has 1 N–H and O–H groups in total. The molecule has 0 heterocycles. The lowest BCUT2D eigenvalue weighted by Gasteiger charge is -2.12. The van der Waals surface area contributed by atoms with Gasteiger partial charge in [-0.3, -0.25) is 4.79 Å². The van der Waals surface area contributed by atoms with Crippen molar-refractivity contribution in [2.75, 3.05) is 19.0 Å². The highest BCUT2D eigenvalue weighted by atomic mass is 79.9. The fourth-order valence-corrected chi connectivity index (χ4v) is 3.20. The van der Waals surface area contributed by atoms with Crippen LogP contribution < -0.4 is 14.8 Å². The molecule has 0 radical (unpaired) electrons. The largest absolute Gasteiger partial charge is 0.493 e. The lowest BCUT2D eigenvalue weighted by molar-refractivity contribution is -0.118. The van der Waals surface area contributed by atoms with Crippen LogP contribution in [-0.2, 0) is 4.79 Å². The summed E-state index contributed by atoms with van der Waals surface area (Å²) < 4.78 is 12.0. The van der Waals surface area contributed by atoms with E-state index in [1.807, 2.05) is 61.5 Å². The average Bonchev–Trinajstić information content (AvgIpc) is 2.77. The Balaban J connectivity index is 1.71. The molecule has 0 aromatic heterocycles. The maximum absolute atomic E-state index is 12.2. The van der Waals surface area contributed by atoms with Gasteiger partial charge in [0.25, 0.3) is 5.91 Å². The van der Waals surface area contributed by atoms with Crippen LogP contribution in [0.5, 0.6) is 11.5 Å². The van der Waals surface area contributed by atoms with Gasteiger partial charge < -0.3 is 14.8 Å². The molecule has 3 rings (SSSR count). The van der Waals surface area contributed by atoms with Crippen molar-refractivity contribution in [3.8, 4) is 17.6 Å². The predicted molar refractivity (Wildman–Crippen MR) is 126 cm³/mol. The number of benzene rings is 3. The quantitative estimate of drug-likeness (QED) is 0.343.